The third kappa shape index (κ3) is 5.26. The van der Waals surface area contributed by atoms with E-state index in [0.29, 0.717) is 0 Å². The fraction of sp³-hybridized carbons (Fsp3) is 0.500. The summed E-state index contributed by atoms with van der Waals surface area (Å²) >= 11 is 0. The Hall–Kier alpha value is -0.423. The minimum Gasteiger partial charge on any atom is -0.374 e. The maximum Gasteiger partial charge on any atom is 0.528 e. The predicted octanol–water partition coefficient (Wildman–Crippen LogP) is 1.78. The number of hydrogen-bond acceptors (Lipinski definition) is 3. The average Bonchev–Trinajstić information content (AvgIpc) is 2.11. The first kappa shape index (κ1) is 14.1. The van der Waals surface area contributed by atoms with Crippen molar-refractivity contribution in [3.63, 3.8) is 0 Å². The van der Waals surface area contributed by atoms with Crippen molar-refractivity contribution in [3.05, 3.63) is 24.9 Å². The summed E-state index contributed by atoms with van der Waals surface area (Å²) in [6.45, 7) is 8.78. The van der Waals surface area contributed by atoms with Crippen molar-refractivity contribution in [3.8, 4) is 0 Å². The molecule has 0 unspecified atom stereocenters. The highest BCUT2D eigenvalue weighted by Crippen LogP contribution is 2.04. The van der Waals surface area contributed by atoms with Gasteiger partial charge in [-0.1, -0.05) is 12.7 Å². The molecule has 0 aromatic heterocycles. The van der Waals surface area contributed by atoms with Gasteiger partial charge in [0.05, 0.1) is 0 Å². The molecule has 0 fully saturated rings. The van der Waals surface area contributed by atoms with Crippen molar-refractivity contribution in [1.29, 1.82) is 0 Å². The molecular formula is C8H18O3Si. The van der Waals surface area contributed by atoms with Gasteiger partial charge < -0.3 is 13.3 Å². The summed E-state index contributed by atoms with van der Waals surface area (Å²) in [5, 5.41) is 0. The second-order valence-corrected chi connectivity index (χ2v) is 4.67. The number of rotatable bonds is 4. The Bertz CT molecular complexity index is 113. The van der Waals surface area contributed by atoms with Crippen molar-refractivity contribution in [2.45, 2.75) is 6.92 Å². The van der Waals surface area contributed by atoms with E-state index in [9.17, 15) is 0 Å². The van der Waals surface area contributed by atoms with Crippen LogP contribution in [0.5, 0.6) is 0 Å². The first-order valence-electron chi connectivity index (χ1n) is 3.52. The van der Waals surface area contributed by atoms with E-state index in [1.54, 1.807) is 33.1 Å². The molecule has 0 amide bonds. The standard InChI is InChI=1S/C5H12O3Si.C3H6/c1-5-9(6-2,7-3)8-4;1-3-2/h5H,1H2,2-4H3;3H,1H2,2H3. The molecule has 0 aliphatic rings. The van der Waals surface area contributed by atoms with Gasteiger partial charge in [-0.15, -0.1) is 6.58 Å². The molecule has 72 valence electrons. The average molecular weight is 190 g/mol. The van der Waals surface area contributed by atoms with Crippen molar-refractivity contribution in [2.24, 2.45) is 0 Å². The Balaban J connectivity index is 0. The van der Waals surface area contributed by atoms with Gasteiger partial charge in [0, 0.05) is 21.3 Å². The quantitative estimate of drug-likeness (QED) is 0.499. The molecule has 0 rings (SSSR count). The molecule has 0 saturated heterocycles. The molecule has 0 N–H and O–H groups in total. The highest BCUT2D eigenvalue weighted by Gasteiger charge is 2.33. The van der Waals surface area contributed by atoms with Gasteiger partial charge in [0.25, 0.3) is 0 Å². The zero-order valence-corrected chi connectivity index (χ0v) is 9.29. The van der Waals surface area contributed by atoms with Crippen LogP contribution in [0, 0.1) is 0 Å². The van der Waals surface area contributed by atoms with E-state index in [2.05, 4.69) is 13.2 Å². The van der Waals surface area contributed by atoms with Gasteiger partial charge in [-0.05, 0) is 12.6 Å². The maximum absolute atomic E-state index is 4.96. The second kappa shape index (κ2) is 8.67. The fourth-order valence-electron chi connectivity index (χ4n) is 0.500. The van der Waals surface area contributed by atoms with Gasteiger partial charge in [-0.2, -0.15) is 0 Å². The minimum absolute atomic E-state index is 1.54. The summed E-state index contributed by atoms with van der Waals surface area (Å²) in [5.41, 5.74) is 1.58. The molecule has 0 bridgehead atoms. The number of allylic oxidation sites excluding steroid dienone is 1. The van der Waals surface area contributed by atoms with Crippen LogP contribution in [0.25, 0.3) is 0 Å². The summed E-state index contributed by atoms with van der Waals surface area (Å²) in [6.07, 6.45) is 1.75. The van der Waals surface area contributed by atoms with E-state index >= 15 is 0 Å². The Kier molecular flexibility index (Phi) is 10.2. The first-order valence-corrected chi connectivity index (χ1v) is 5.32. The molecular weight excluding hydrogens is 172 g/mol. The summed E-state index contributed by atoms with van der Waals surface area (Å²) in [4.78, 5) is 0. The molecule has 4 heteroatoms. The molecule has 0 aromatic carbocycles. The molecule has 12 heavy (non-hydrogen) atoms. The Morgan fingerprint density at radius 2 is 1.25 bits per heavy atom. The van der Waals surface area contributed by atoms with Crippen LogP contribution in [-0.2, 0) is 13.3 Å². The van der Waals surface area contributed by atoms with Crippen molar-refractivity contribution in [2.75, 3.05) is 21.3 Å². The maximum atomic E-state index is 4.96. The SMILES string of the molecule is C=CC.C=C[Si](OC)(OC)OC. The van der Waals surface area contributed by atoms with Crippen LogP contribution < -0.4 is 0 Å². The van der Waals surface area contributed by atoms with Gasteiger partial charge >= 0.3 is 8.80 Å². The van der Waals surface area contributed by atoms with Crippen LogP contribution in [-0.4, -0.2) is 30.1 Å². The second-order valence-electron chi connectivity index (χ2n) is 1.83. The van der Waals surface area contributed by atoms with Crippen LogP contribution in [0.2, 0.25) is 0 Å². The zero-order chi connectivity index (χ0) is 10.0. The van der Waals surface area contributed by atoms with E-state index in [1.165, 1.54) is 0 Å². The van der Waals surface area contributed by atoms with Gasteiger partial charge in [0.1, 0.15) is 0 Å². The largest absolute Gasteiger partial charge is 0.528 e. The van der Waals surface area contributed by atoms with Crippen LogP contribution in [0.4, 0.5) is 0 Å². The minimum atomic E-state index is -2.43. The zero-order valence-electron chi connectivity index (χ0n) is 8.29. The lowest BCUT2D eigenvalue weighted by Crippen LogP contribution is -2.40. The molecule has 0 saturated carbocycles. The predicted molar refractivity (Wildman–Crippen MR) is 52.8 cm³/mol. The molecule has 0 spiro atoms. The lowest BCUT2D eigenvalue weighted by molar-refractivity contribution is 0.138. The smallest absolute Gasteiger partial charge is 0.374 e. The van der Waals surface area contributed by atoms with Crippen LogP contribution >= 0.6 is 0 Å². The fourth-order valence-corrected chi connectivity index (χ4v) is 1.50. The topological polar surface area (TPSA) is 27.7 Å². The van der Waals surface area contributed by atoms with E-state index in [4.69, 9.17) is 13.3 Å². The van der Waals surface area contributed by atoms with Gasteiger partial charge in [-0.3, -0.25) is 0 Å². The van der Waals surface area contributed by atoms with Crippen LogP contribution in [0.1, 0.15) is 6.92 Å². The van der Waals surface area contributed by atoms with Crippen LogP contribution in [0.15, 0.2) is 24.9 Å². The van der Waals surface area contributed by atoms with Gasteiger partial charge in [-0.25, -0.2) is 0 Å². The van der Waals surface area contributed by atoms with E-state index in [-0.39, 0.29) is 0 Å². The lowest BCUT2D eigenvalue weighted by Gasteiger charge is -2.19. The van der Waals surface area contributed by atoms with E-state index < -0.39 is 8.80 Å². The summed E-state index contributed by atoms with van der Waals surface area (Å²) in [7, 11) is 2.20. The molecule has 0 aliphatic carbocycles. The highest BCUT2D eigenvalue weighted by molar-refractivity contribution is 6.66. The normalized spacial score (nSPS) is 9.67. The third-order valence-corrected chi connectivity index (χ3v) is 3.31. The van der Waals surface area contributed by atoms with Crippen molar-refractivity contribution in [1.82, 2.24) is 0 Å². The van der Waals surface area contributed by atoms with E-state index in [0.717, 1.165) is 0 Å². The Labute approximate surface area is 76.0 Å². The summed E-state index contributed by atoms with van der Waals surface area (Å²) in [6, 6.07) is 0. The monoisotopic (exact) mass is 190 g/mol. The Morgan fingerprint density at radius 3 is 1.25 bits per heavy atom. The Morgan fingerprint density at radius 1 is 1.00 bits per heavy atom. The van der Waals surface area contributed by atoms with Crippen LogP contribution in [0.3, 0.4) is 0 Å². The molecule has 0 aromatic rings. The first-order chi connectivity index (χ1) is 5.66. The molecule has 3 nitrogen and oxygen atoms in total. The summed E-state index contributed by atoms with van der Waals surface area (Å²) < 4.78 is 14.9. The molecule has 0 atom stereocenters. The third-order valence-electron chi connectivity index (χ3n) is 1.10. The molecule has 0 radical (unpaired) electrons. The summed E-state index contributed by atoms with van der Waals surface area (Å²) in [5.74, 6) is 0. The number of hydrogen-bond donors (Lipinski definition) is 0. The van der Waals surface area contributed by atoms with Crippen molar-refractivity contribution >= 4 is 8.80 Å². The highest BCUT2D eigenvalue weighted by atomic mass is 28.4. The lowest BCUT2D eigenvalue weighted by atomic mass is 10.8. The van der Waals surface area contributed by atoms with Crippen molar-refractivity contribution < 1.29 is 13.3 Å². The molecule has 0 heterocycles. The molecule has 0 aliphatic heterocycles. The van der Waals surface area contributed by atoms with Gasteiger partial charge in [0.2, 0.25) is 0 Å². The van der Waals surface area contributed by atoms with E-state index in [1.807, 2.05) is 6.92 Å². The van der Waals surface area contributed by atoms with Gasteiger partial charge in [0.15, 0.2) is 0 Å².